The van der Waals surface area contributed by atoms with Crippen molar-refractivity contribution in [3.63, 3.8) is 0 Å². The van der Waals surface area contributed by atoms with Gasteiger partial charge in [0.05, 0.1) is 5.56 Å². The molecule has 0 radical (unpaired) electrons. The minimum absolute atomic E-state index is 0.0148. The van der Waals surface area contributed by atoms with Crippen molar-refractivity contribution in [3.8, 4) is 0 Å². The minimum atomic E-state index is 0.0148. The van der Waals surface area contributed by atoms with Crippen LogP contribution in [0.1, 0.15) is 15.9 Å². The van der Waals surface area contributed by atoms with Gasteiger partial charge in [0.1, 0.15) is 0 Å². The van der Waals surface area contributed by atoms with Crippen molar-refractivity contribution in [2.24, 2.45) is 0 Å². The molecule has 3 nitrogen and oxygen atoms in total. The minimum Gasteiger partial charge on any atom is -0.289 e. The van der Waals surface area contributed by atoms with Crippen LogP contribution in [0.5, 0.6) is 0 Å². The maximum Gasteiger partial charge on any atom is 0.195 e. The summed E-state index contributed by atoms with van der Waals surface area (Å²) in [6.07, 6.45) is 3.63. The fraction of sp³-hybridized carbons (Fsp3) is 0. The van der Waals surface area contributed by atoms with E-state index in [1.165, 1.54) is 0 Å². The van der Waals surface area contributed by atoms with E-state index in [0.29, 0.717) is 11.1 Å². The van der Waals surface area contributed by atoms with Gasteiger partial charge in [0.25, 0.3) is 0 Å². The quantitative estimate of drug-likeness (QED) is 0.503. The zero-order chi connectivity index (χ0) is 16.4. The molecule has 0 amide bonds. The molecule has 0 N–H and O–H groups in total. The summed E-state index contributed by atoms with van der Waals surface area (Å²) in [6.45, 7) is 0. The van der Waals surface area contributed by atoms with Gasteiger partial charge in [0, 0.05) is 28.2 Å². The second kappa shape index (κ2) is 6.34. The first-order valence-corrected chi connectivity index (χ1v) is 8.39. The Morgan fingerprint density at radius 1 is 0.875 bits per heavy atom. The molecule has 0 fully saturated rings. The van der Waals surface area contributed by atoms with Crippen LogP contribution in [0.2, 0.25) is 0 Å². The lowest BCUT2D eigenvalue weighted by Gasteiger charge is -2.02. The Labute approximate surface area is 144 Å². The van der Waals surface area contributed by atoms with Crippen molar-refractivity contribution in [3.05, 3.63) is 96.3 Å². The molecule has 4 heteroatoms. The monoisotopic (exact) mass is 330 g/mol. The molecule has 0 aliphatic carbocycles. The lowest BCUT2D eigenvalue weighted by Crippen LogP contribution is -1.99. The van der Waals surface area contributed by atoms with Crippen LogP contribution in [0.4, 0.5) is 0 Å². The number of benzene rings is 2. The molecular weight excluding hydrogens is 316 g/mol. The van der Waals surface area contributed by atoms with E-state index in [1.54, 1.807) is 18.1 Å². The number of hydrogen-bond donors (Lipinski definition) is 0. The molecule has 0 spiro atoms. The number of fused-ring (bicyclic) bond motifs is 1. The summed E-state index contributed by atoms with van der Waals surface area (Å²) >= 11 is 1.55. The molecular formula is C20H14N2OS. The molecule has 0 saturated carbocycles. The highest BCUT2D eigenvalue weighted by molar-refractivity contribution is 7.98. The topological polar surface area (TPSA) is 34.9 Å². The normalized spacial score (nSPS) is 10.8. The Hall–Kier alpha value is -2.85. The molecule has 0 bridgehead atoms. The Kier molecular flexibility index (Phi) is 3.89. The van der Waals surface area contributed by atoms with E-state index in [1.807, 2.05) is 83.0 Å². The van der Waals surface area contributed by atoms with Gasteiger partial charge in [-0.2, -0.15) is 0 Å². The van der Waals surface area contributed by atoms with Crippen LogP contribution in [0.25, 0.3) is 11.0 Å². The molecule has 0 saturated heterocycles. The largest absolute Gasteiger partial charge is 0.289 e. The smallest absolute Gasteiger partial charge is 0.195 e. The van der Waals surface area contributed by atoms with Crippen molar-refractivity contribution >= 4 is 28.8 Å². The lowest BCUT2D eigenvalue weighted by molar-refractivity contribution is 0.104. The predicted octanol–water partition coefficient (Wildman–Crippen LogP) is 4.82. The Balaban J connectivity index is 1.81. The van der Waals surface area contributed by atoms with Gasteiger partial charge in [-0.05, 0) is 36.2 Å². The highest BCUT2D eigenvalue weighted by atomic mass is 32.2. The van der Waals surface area contributed by atoms with Gasteiger partial charge in [0.15, 0.2) is 11.4 Å². The first kappa shape index (κ1) is 14.7. The third-order valence-electron chi connectivity index (χ3n) is 3.76. The van der Waals surface area contributed by atoms with E-state index in [0.717, 1.165) is 15.9 Å². The molecule has 0 aliphatic heterocycles. The van der Waals surface area contributed by atoms with Gasteiger partial charge in [-0.3, -0.25) is 8.77 Å². The summed E-state index contributed by atoms with van der Waals surface area (Å²) in [6, 6.07) is 23.2. The average Bonchev–Trinajstić information content (AvgIpc) is 3.01. The Morgan fingerprint density at radius 2 is 1.58 bits per heavy atom. The zero-order valence-electron chi connectivity index (χ0n) is 12.8. The van der Waals surface area contributed by atoms with Crippen LogP contribution in [0.15, 0.2) is 90.1 Å². The van der Waals surface area contributed by atoms with Gasteiger partial charge in [-0.1, -0.05) is 48.5 Å². The summed E-state index contributed by atoms with van der Waals surface area (Å²) in [5.41, 5.74) is 2.16. The molecule has 0 aliphatic rings. The van der Waals surface area contributed by atoms with Gasteiger partial charge in [0.2, 0.25) is 0 Å². The average molecular weight is 330 g/mol. The summed E-state index contributed by atoms with van der Waals surface area (Å²) in [7, 11) is 0. The fourth-order valence-electron chi connectivity index (χ4n) is 2.62. The lowest BCUT2D eigenvalue weighted by atomic mass is 10.0. The highest BCUT2D eigenvalue weighted by Crippen LogP contribution is 2.29. The maximum atomic E-state index is 12.9. The zero-order valence-corrected chi connectivity index (χ0v) is 13.6. The van der Waals surface area contributed by atoms with Gasteiger partial charge in [-0.25, -0.2) is 4.98 Å². The Morgan fingerprint density at radius 3 is 2.33 bits per heavy atom. The van der Waals surface area contributed by atoms with Crippen LogP contribution in [-0.4, -0.2) is 14.7 Å². The number of nitrogens with zero attached hydrogens (tertiary/aromatic N) is 2. The van der Waals surface area contributed by atoms with Crippen LogP contribution >= 0.6 is 11.9 Å². The van der Waals surface area contributed by atoms with Gasteiger partial charge < -0.3 is 0 Å². The van der Waals surface area contributed by atoms with E-state index < -0.39 is 0 Å². The Bertz CT molecular complexity index is 994. The van der Waals surface area contributed by atoms with Crippen molar-refractivity contribution in [1.82, 2.24) is 8.96 Å². The maximum absolute atomic E-state index is 12.9. The molecule has 2 aromatic heterocycles. The first-order chi connectivity index (χ1) is 11.8. The number of ketones is 1. The molecule has 24 heavy (non-hydrogen) atoms. The highest BCUT2D eigenvalue weighted by Gasteiger charge is 2.17. The van der Waals surface area contributed by atoms with Crippen LogP contribution in [0.3, 0.4) is 0 Å². The van der Waals surface area contributed by atoms with E-state index in [-0.39, 0.29) is 5.78 Å². The van der Waals surface area contributed by atoms with Crippen molar-refractivity contribution in [1.29, 1.82) is 0 Å². The number of carbonyl (C=O) groups is 1. The van der Waals surface area contributed by atoms with Crippen LogP contribution in [0, 0.1) is 0 Å². The van der Waals surface area contributed by atoms with E-state index in [2.05, 4.69) is 4.98 Å². The third kappa shape index (κ3) is 2.72. The fourth-order valence-corrected chi connectivity index (χ4v) is 3.52. The van der Waals surface area contributed by atoms with Crippen LogP contribution in [-0.2, 0) is 0 Å². The number of rotatable bonds is 4. The second-order valence-electron chi connectivity index (χ2n) is 5.34. The van der Waals surface area contributed by atoms with E-state index in [9.17, 15) is 4.79 Å². The van der Waals surface area contributed by atoms with E-state index in [4.69, 9.17) is 0 Å². The number of carbonyl (C=O) groups excluding carboxylic acids is 1. The molecule has 2 heterocycles. The number of hydrogen-bond acceptors (Lipinski definition) is 3. The summed E-state index contributed by atoms with van der Waals surface area (Å²) in [5.74, 6) is 0.0148. The summed E-state index contributed by atoms with van der Waals surface area (Å²) in [5, 5.41) is 0.870. The molecule has 4 aromatic rings. The second-order valence-corrected chi connectivity index (χ2v) is 6.39. The van der Waals surface area contributed by atoms with Gasteiger partial charge >= 0.3 is 0 Å². The molecule has 2 aromatic carbocycles. The first-order valence-electron chi connectivity index (χ1n) is 7.62. The van der Waals surface area contributed by atoms with Gasteiger partial charge in [-0.15, -0.1) is 0 Å². The SMILES string of the molecule is O=C(c1ccccc1)c1cn(Sc2ccccc2)c2ncccc12. The molecule has 116 valence electrons. The predicted molar refractivity (Wildman–Crippen MR) is 97.3 cm³/mol. The van der Waals surface area contributed by atoms with Crippen molar-refractivity contribution < 1.29 is 4.79 Å². The van der Waals surface area contributed by atoms with E-state index >= 15 is 0 Å². The van der Waals surface area contributed by atoms with Crippen LogP contribution < -0.4 is 0 Å². The van der Waals surface area contributed by atoms with Crippen molar-refractivity contribution in [2.45, 2.75) is 4.90 Å². The number of pyridine rings is 1. The standard InChI is InChI=1S/C20H14N2OS/c23-19(15-8-3-1-4-9-15)18-14-22(20-17(18)12-7-13-21-20)24-16-10-5-2-6-11-16/h1-14H. The molecule has 0 atom stereocenters. The molecule has 0 unspecified atom stereocenters. The third-order valence-corrected chi connectivity index (χ3v) is 4.72. The van der Waals surface area contributed by atoms with Crippen molar-refractivity contribution in [2.75, 3.05) is 0 Å². The molecule has 4 rings (SSSR count). The summed E-state index contributed by atoms with van der Waals surface area (Å²) < 4.78 is 1.96. The summed E-state index contributed by atoms with van der Waals surface area (Å²) in [4.78, 5) is 18.4. The number of aromatic nitrogens is 2.